The molecule has 0 saturated heterocycles. The van der Waals surface area contributed by atoms with Crippen molar-refractivity contribution in [3.8, 4) is 0 Å². The van der Waals surface area contributed by atoms with E-state index in [2.05, 4.69) is 34.2 Å². The van der Waals surface area contributed by atoms with Crippen molar-refractivity contribution in [3.05, 3.63) is 10.4 Å². The lowest BCUT2D eigenvalue weighted by Crippen LogP contribution is -2.31. The van der Waals surface area contributed by atoms with E-state index in [-0.39, 0.29) is 18.7 Å². The molecule has 1 atom stereocenters. The topological polar surface area (TPSA) is 113 Å². The van der Waals surface area contributed by atoms with Crippen LogP contribution in [-0.4, -0.2) is 31.1 Å². The standard InChI is InChI=1S/C38H74N4O4/c1-3-5-7-9-11-12-13-14-15-16-17-18-19-20-21-22-23-24-25-26-28-30-32-40-37(43)34-36(35-38(44)46-42-41-39)45-33-31-29-27-10-8-6-4-2/h36H,3-35H2,1-2H3,(H,40,43). The molecule has 1 unspecified atom stereocenters. The van der Waals surface area contributed by atoms with Crippen molar-refractivity contribution >= 4 is 11.9 Å². The Bertz CT molecular complexity index is 715. The maximum Gasteiger partial charge on any atom is 0.320 e. The first kappa shape index (κ1) is 44.2. The van der Waals surface area contributed by atoms with Gasteiger partial charge in [-0.1, -0.05) is 187 Å². The molecule has 270 valence electrons. The zero-order chi connectivity index (χ0) is 33.6. The van der Waals surface area contributed by atoms with Crippen LogP contribution >= 0.6 is 0 Å². The molecule has 0 aromatic carbocycles. The van der Waals surface area contributed by atoms with Gasteiger partial charge in [-0.2, -0.15) is 0 Å². The molecule has 1 amide bonds. The van der Waals surface area contributed by atoms with Crippen molar-refractivity contribution in [2.45, 2.75) is 219 Å². The predicted octanol–water partition coefficient (Wildman–Crippen LogP) is 12.4. The average molecular weight is 651 g/mol. The Morgan fingerprint density at radius 2 is 0.935 bits per heavy atom. The molecule has 0 heterocycles. The largest absolute Gasteiger partial charge is 0.377 e. The number of nitrogens with one attached hydrogen (secondary N) is 1. The third kappa shape index (κ3) is 35.1. The quantitative estimate of drug-likeness (QED) is 0.0237. The first-order chi connectivity index (χ1) is 22.6. The van der Waals surface area contributed by atoms with E-state index in [1.807, 2.05) is 0 Å². The molecule has 0 aromatic rings. The molecular formula is C38H74N4O4. The van der Waals surface area contributed by atoms with Gasteiger partial charge in [0.15, 0.2) is 0 Å². The summed E-state index contributed by atoms with van der Waals surface area (Å²) in [5.41, 5.74) is 8.36. The van der Waals surface area contributed by atoms with Gasteiger partial charge in [-0.25, -0.2) is 0 Å². The third-order valence-corrected chi connectivity index (χ3v) is 8.94. The summed E-state index contributed by atoms with van der Waals surface area (Å²) >= 11 is 0. The number of ether oxygens (including phenoxy) is 1. The van der Waals surface area contributed by atoms with Crippen molar-refractivity contribution in [3.63, 3.8) is 0 Å². The van der Waals surface area contributed by atoms with E-state index in [4.69, 9.17) is 10.3 Å². The number of hydrogen-bond donors (Lipinski definition) is 1. The van der Waals surface area contributed by atoms with Crippen LogP contribution in [0.25, 0.3) is 10.4 Å². The van der Waals surface area contributed by atoms with Crippen molar-refractivity contribution < 1.29 is 19.2 Å². The van der Waals surface area contributed by atoms with Crippen LogP contribution in [0.15, 0.2) is 5.28 Å². The van der Waals surface area contributed by atoms with Crippen molar-refractivity contribution in [2.24, 2.45) is 5.28 Å². The van der Waals surface area contributed by atoms with E-state index in [0.717, 1.165) is 25.7 Å². The molecule has 0 spiro atoms. The maximum absolute atomic E-state index is 12.5. The third-order valence-electron chi connectivity index (χ3n) is 8.94. The summed E-state index contributed by atoms with van der Waals surface area (Å²) in [6.07, 6.45) is 37.5. The minimum atomic E-state index is -0.685. The Kier molecular flexibility index (Phi) is 36.2. The monoisotopic (exact) mass is 651 g/mol. The van der Waals surface area contributed by atoms with Crippen LogP contribution in [0.1, 0.15) is 213 Å². The SMILES string of the molecule is CCCCCCCCCCCCCCCCCCCCCCCCNC(=O)CC(CC(=O)ON=[N+]=[N-])OCCCCCCCCC. The van der Waals surface area contributed by atoms with Gasteiger partial charge in [0.25, 0.3) is 0 Å². The highest BCUT2D eigenvalue weighted by molar-refractivity contribution is 5.77. The number of amides is 1. The van der Waals surface area contributed by atoms with Crippen LogP contribution in [0.3, 0.4) is 0 Å². The molecule has 1 N–H and O–H groups in total. The van der Waals surface area contributed by atoms with Crippen molar-refractivity contribution in [2.75, 3.05) is 13.2 Å². The summed E-state index contributed by atoms with van der Waals surface area (Å²) in [5.74, 6) is -0.806. The van der Waals surface area contributed by atoms with E-state index >= 15 is 0 Å². The van der Waals surface area contributed by atoms with E-state index < -0.39 is 12.1 Å². The molecule has 8 heteroatoms. The molecule has 0 fully saturated rings. The Hall–Kier alpha value is -1.79. The van der Waals surface area contributed by atoms with E-state index in [0.29, 0.717) is 13.2 Å². The fraction of sp³-hybridized carbons (Fsp3) is 0.947. The minimum Gasteiger partial charge on any atom is -0.377 e. The second-order valence-corrected chi connectivity index (χ2v) is 13.4. The average Bonchev–Trinajstić information content (AvgIpc) is 3.05. The summed E-state index contributed by atoms with van der Waals surface area (Å²) in [5, 5.41) is 5.83. The molecule has 0 bridgehead atoms. The second-order valence-electron chi connectivity index (χ2n) is 13.4. The van der Waals surface area contributed by atoms with Gasteiger partial charge in [-0.15, -0.1) is 0 Å². The number of carbonyl (C=O) groups is 2. The lowest BCUT2D eigenvalue weighted by Gasteiger charge is -2.16. The summed E-state index contributed by atoms with van der Waals surface area (Å²) in [7, 11) is 0. The van der Waals surface area contributed by atoms with Gasteiger partial charge in [0.05, 0.1) is 18.9 Å². The molecule has 0 aliphatic rings. The normalized spacial score (nSPS) is 11.7. The summed E-state index contributed by atoms with van der Waals surface area (Å²) < 4.78 is 5.85. The number of nitrogens with zero attached hydrogens (tertiary/aromatic N) is 3. The molecule has 0 saturated carbocycles. The van der Waals surface area contributed by atoms with Crippen LogP contribution in [0, 0.1) is 0 Å². The predicted molar refractivity (Wildman–Crippen MR) is 192 cm³/mol. The van der Waals surface area contributed by atoms with Gasteiger partial charge in [0, 0.05) is 18.1 Å². The highest BCUT2D eigenvalue weighted by Gasteiger charge is 2.19. The lowest BCUT2D eigenvalue weighted by molar-refractivity contribution is -0.147. The lowest BCUT2D eigenvalue weighted by atomic mass is 10.0. The van der Waals surface area contributed by atoms with Gasteiger partial charge < -0.3 is 14.9 Å². The Morgan fingerprint density at radius 3 is 1.33 bits per heavy atom. The molecule has 8 nitrogen and oxygen atoms in total. The van der Waals surface area contributed by atoms with Gasteiger partial charge in [0.1, 0.15) is 5.28 Å². The maximum atomic E-state index is 12.5. The Balaban J connectivity index is 3.66. The fourth-order valence-corrected chi connectivity index (χ4v) is 6.03. The first-order valence-corrected chi connectivity index (χ1v) is 19.8. The highest BCUT2D eigenvalue weighted by atomic mass is 16.7. The second kappa shape index (κ2) is 37.7. The first-order valence-electron chi connectivity index (χ1n) is 19.8. The Morgan fingerprint density at radius 1 is 0.565 bits per heavy atom. The van der Waals surface area contributed by atoms with Crippen LogP contribution in [0.2, 0.25) is 0 Å². The van der Waals surface area contributed by atoms with Crippen LogP contribution < -0.4 is 5.32 Å². The Labute approximate surface area is 283 Å². The molecule has 46 heavy (non-hydrogen) atoms. The molecule has 0 aliphatic carbocycles. The fourth-order valence-electron chi connectivity index (χ4n) is 6.03. The zero-order valence-corrected chi connectivity index (χ0v) is 30.4. The van der Waals surface area contributed by atoms with Gasteiger partial charge in [-0.05, 0) is 18.4 Å². The van der Waals surface area contributed by atoms with Crippen LogP contribution in [-0.2, 0) is 19.2 Å². The number of unbranched alkanes of at least 4 members (excludes halogenated alkanes) is 27. The summed E-state index contributed by atoms with van der Waals surface area (Å²) in [6, 6.07) is 0. The van der Waals surface area contributed by atoms with Crippen molar-refractivity contribution in [1.29, 1.82) is 0 Å². The number of carbonyl (C=O) groups excluding carboxylic acids is 2. The van der Waals surface area contributed by atoms with E-state index in [1.54, 1.807) is 0 Å². The van der Waals surface area contributed by atoms with Gasteiger partial charge in [0.2, 0.25) is 5.91 Å². The van der Waals surface area contributed by atoms with Gasteiger partial charge >= 0.3 is 5.97 Å². The van der Waals surface area contributed by atoms with Crippen molar-refractivity contribution in [1.82, 2.24) is 5.32 Å². The number of hydrogen-bond acceptors (Lipinski definition) is 5. The molecule has 0 rings (SSSR count). The zero-order valence-electron chi connectivity index (χ0n) is 30.4. The molecule has 0 aromatic heterocycles. The van der Waals surface area contributed by atoms with E-state index in [1.165, 1.54) is 161 Å². The number of azide groups is 1. The van der Waals surface area contributed by atoms with Crippen LogP contribution in [0.4, 0.5) is 0 Å². The highest BCUT2D eigenvalue weighted by Crippen LogP contribution is 2.16. The smallest absolute Gasteiger partial charge is 0.320 e. The van der Waals surface area contributed by atoms with Crippen LogP contribution in [0.5, 0.6) is 0 Å². The van der Waals surface area contributed by atoms with Gasteiger partial charge in [-0.3, -0.25) is 9.59 Å². The summed E-state index contributed by atoms with van der Waals surface area (Å²) in [4.78, 5) is 31.3. The summed E-state index contributed by atoms with van der Waals surface area (Å²) in [6.45, 7) is 5.64. The number of rotatable bonds is 37. The molecule has 0 aliphatic heterocycles. The van der Waals surface area contributed by atoms with E-state index in [9.17, 15) is 9.59 Å². The minimum absolute atomic E-state index is 0.0984. The molecular weight excluding hydrogens is 576 g/mol. The molecule has 0 radical (unpaired) electrons.